The van der Waals surface area contributed by atoms with Crippen LogP contribution in [0, 0.1) is 5.82 Å². The topological polar surface area (TPSA) is 142 Å². The van der Waals surface area contributed by atoms with Gasteiger partial charge in [0.05, 0.1) is 5.75 Å². The number of pyridine rings is 2. The molecule has 2 aliphatic rings. The molecule has 1 saturated carbocycles. The summed E-state index contributed by atoms with van der Waals surface area (Å²) in [5.41, 5.74) is 0.113. The van der Waals surface area contributed by atoms with Gasteiger partial charge in [-0.05, 0) is 55.5 Å². The number of hydrogen-bond donors (Lipinski definition) is 3. The van der Waals surface area contributed by atoms with Gasteiger partial charge in [0.2, 0.25) is 10.0 Å². The summed E-state index contributed by atoms with van der Waals surface area (Å²) < 4.78 is 40.5. The molecule has 2 fully saturated rings. The van der Waals surface area contributed by atoms with Crippen molar-refractivity contribution in [2.24, 2.45) is 0 Å². The maximum atomic E-state index is 13.8. The lowest BCUT2D eigenvalue weighted by Crippen LogP contribution is -2.39. The van der Waals surface area contributed by atoms with Crippen molar-refractivity contribution < 1.29 is 27.5 Å². The Morgan fingerprint density at radius 2 is 1.97 bits per heavy atom. The molecule has 0 atom stereocenters. The molecule has 1 aliphatic heterocycles. The number of halogens is 1. The van der Waals surface area contributed by atoms with Crippen LogP contribution in [0.1, 0.15) is 52.1 Å². The average Bonchev–Trinajstić information content (AvgIpc) is 3.67. The van der Waals surface area contributed by atoms with E-state index in [1.54, 1.807) is 12.1 Å². The van der Waals surface area contributed by atoms with Crippen molar-refractivity contribution >= 4 is 38.6 Å². The maximum Gasteiger partial charge on any atom is 0.274 e. The van der Waals surface area contributed by atoms with E-state index in [4.69, 9.17) is 0 Å². The Labute approximate surface area is 206 Å². The molecule has 1 aliphatic carbocycles. The third kappa shape index (κ3) is 4.68. The molecule has 1 saturated heterocycles. The van der Waals surface area contributed by atoms with E-state index >= 15 is 0 Å². The molecule has 1 aromatic carbocycles. The lowest BCUT2D eigenvalue weighted by molar-refractivity contribution is 0.0929. The summed E-state index contributed by atoms with van der Waals surface area (Å²) in [6, 6.07) is 6.93. The van der Waals surface area contributed by atoms with E-state index in [0.29, 0.717) is 23.8 Å². The molecule has 188 valence electrons. The molecule has 5 rings (SSSR count). The van der Waals surface area contributed by atoms with Crippen LogP contribution < -0.4 is 14.9 Å². The molecule has 0 radical (unpaired) electrons. The Kier molecular flexibility index (Phi) is 6.20. The third-order valence-corrected chi connectivity index (χ3v) is 8.02. The van der Waals surface area contributed by atoms with E-state index in [1.807, 2.05) is 0 Å². The molecule has 12 heteroatoms. The van der Waals surface area contributed by atoms with Crippen LogP contribution in [0.2, 0.25) is 0 Å². The summed E-state index contributed by atoms with van der Waals surface area (Å²) >= 11 is 0. The highest BCUT2D eigenvalue weighted by atomic mass is 32.2. The largest absolute Gasteiger partial charge is 0.504 e. The number of fused-ring (bicyclic) bond motifs is 1. The Hall–Kier alpha value is -3.80. The van der Waals surface area contributed by atoms with E-state index in [9.17, 15) is 27.5 Å². The quantitative estimate of drug-likeness (QED) is 0.459. The van der Waals surface area contributed by atoms with Gasteiger partial charge in [0.1, 0.15) is 11.3 Å². The molecule has 3 aromatic rings. The van der Waals surface area contributed by atoms with Gasteiger partial charge in [-0.3, -0.25) is 18.9 Å². The van der Waals surface area contributed by atoms with Gasteiger partial charge < -0.3 is 15.7 Å². The number of rotatable bonds is 6. The van der Waals surface area contributed by atoms with Gasteiger partial charge in [0.25, 0.3) is 11.8 Å². The van der Waals surface area contributed by atoms with Crippen molar-refractivity contribution in [3.63, 3.8) is 0 Å². The minimum atomic E-state index is -3.65. The number of amides is 2. The Balaban J connectivity index is 1.47. The van der Waals surface area contributed by atoms with Crippen LogP contribution in [0.5, 0.6) is 5.75 Å². The SMILES string of the molecule is O=C(NC1CC1)c1cc(F)ccc1CNC(=O)c1nc(N2CCCCS2(=O)=O)c2cccnc2c1O. The zero-order valence-corrected chi connectivity index (χ0v) is 20.0. The summed E-state index contributed by atoms with van der Waals surface area (Å²) in [5, 5.41) is 16.5. The Bertz CT molecular complexity index is 1480. The van der Waals surface area contributed by atoms with Crippen LogP contribution in [-0.4, -0.2) is 53.6 Å². The number of carbonyl (C=O) groups excluding carboxylic acids is 2. The molecule has 2 aromatic heterocycles. The summed E-state index contributed by atoms with van der Waals surface area (Å²) in [5.74, 6) is -2.34. The van der Waals surface area contributed by atoms with E-state index in [1.165, 1.54) is 18.3 Å². The summed E-state index contributed by atoms with van der Waals surface area (Å²) in [7, 11) is -3.65. The number of sulfonamides is 1. The first-order chi connectivity index (χ1) is 17.2. The summed E-state index contributed by atoms with van der Waals surface area (Å²) in [6.45, 7) is 0.0471. The number of nitrogens with one attached hydrogen (secondary N) is 2. The van der Waals surface area contributed by atoms with E-state index in [2.05, 4.69) is 20.6 Å². The van der Waals surface area contributed by atoms with Crippen molar-refractivity contribution in [3.05, 3.63) is 59.2 Å². The van der Waals surface area contributed by atoms with Gasteiger partial charge in [0, 0.05) is 36.3 Å². The first-order valence-electron chi connectivity index (χ1n) is 11.6. The van der Waals surface area contributed by atoms with Crippen molar-refractivity contribution in [2.75, 3.05) is 16.6 Å². The van der Waals surface area contributed by atoms with E-state index < -0.39 is 39.1 Å². The zero-order valence-electron chi connectivity index (χ0n) is 19.2. The molecule has 0 unspecified atom stereocenters. The van der Waals surface area contributed by atoms with Crippen molar-refractivity contribution in [3.8, 4) is 5.75 Å². The molecule has 36 heavy (non-hydrogen) atoms. The van der Waals surface area contributed by atoms with Crippen molar-refractivity contribution in [1.82, 2.24) is 20.6 Å². The van der Waals surface area contributed by atoms with Crippen LogP contribution in [0.25, 0.3) is 10.9 Å². The highest BCUT2D eigenvalue weighted by Crippen LogP contribution is 2.35. The minimum absolute atomic E-state index is 0.0204. The lowest BCUT2D eigenvalue weighted by Gasteiger charge is -2.28. The third-order valence-electron chi connectivity index (χ3n) is 6.18. The molecule has 0 bridgehead atoms. The Morgan fingerprint density at radius 1 is 1.17 bits per heavy atom. The summed E-state index contributed by atoms with van der Waals surface area (Å²) in [6.07, 6.45) is 4.30. The number of carbonyl (C=O) groups is 2. The predicted molar refractivity (Wildman–Crippen MR) is 130 cm³/mol. The summed E-state index contributed by atoms with van der Waals surface area (Å²) in [4.78, 5) is 34.1. The van der Waals surface area contributed by atoms with Gasteiger partial charge in [-0.25, -0.2) is 17.8 Å². The average molecular weight is 514 g/mol. The highest BCUT2D eigenvalue weighted by molar-refractivity contribution is 7.92. The van der Waals surface area contributed by atoms with Crippen LogP contribution in [-0.2, 0) is 16.6 Å². The van der Waals surface area contributed by atoms with Gasteiger partial charge in [-0.2, -0.15) is 0 Å². The number of aromatic nitrogens is 2. The highest BCUT2D eigenvalue weighted by Gasteiger charge is 2.31. The van der Waals surface area contributed by atoms with Gasteiger partial charge >= 0.3 is 0 Å². The first kappa shape index (κ1) is 23.9. The van der Waals surface area contributed by atoms with Crippen LogP contribution in [0.15, 0.2) is 36.5 Å². The second-order valence-electron chi connectivity index (χ2n) is 8.86. The minimum Gasteiger partial charge on any atom is -0.504 e. The molecule has 2 amide bonds. The fourth-order valence-corrected chi connectivity index (χ4v) is 5.74. The molecule has 3 N–H and O–H groups in total. The van der Waals surface area contributed by atoms with Crippen molar-refractivity contribution in [1.29, 1.82) is 0 Å². The van der Waals surface area contributed by atoms with Gasteiger partial charge in [-0.1, -0.05) is 6.07 Å². The number of benzene rings is 1. The van der Waals surface area contributed by atoms with Crippen LogP contribution in [0.3, 0.4) is 0 Å². The molecular formula is C24H24FN5O5S. The standard InChI is InChI=1S/C24H24FN5O5S/c25-15-6-5-14(18(12-15)23(32)28-16-7-8-16)13-27-24(33)20-21(31)19-17(4-3-9-26-19)22(29-20)30-10-1-2-11-36(30,34)35/h3-6,9,12,16,31H,1-2,7-8,10-11,13H2,(H,27,33)(H,28,32). The van der Waals surface area contributed by atoms with Crippen LogP contribution in [0.4, 0.5) is 10.2 Å². The molecule has 3 heterocycles. The molecule has 0 spiro atoms. The number of anilines is 1. The van der Waals surface area contributed by atoms with Gasteiger partial charge in [0.15, 0.2) is 17.3 Å². The fraction of sp³-hybridized carbons (Fsp3) is 0.333. The maximum absolute atomic E-state index is 13.8. The van der Waals surface area contributed by atoms with Crippen LogP contribution >= 0.6 is 0 Å². The lowest BCUT2D eigenvalue weighted by atomic mass is 10.1. The predicted octanol–water partition coefficient (Wildman–Crippen LogP) is 2.23. The Morgan fingerprint density at radius 3 is 2.72 bits per heavy atom. The van der Waals surface area contributed by atoms with Crippen molar-refractivity contribution in [2.45, 2.75) is 38.3 Å². The van der Waals surface area contributed by atoms with E-state index in [-0.39, 0.29) is 41.8 Å². The molecule has 10 nitrogen and oxygen atoms in total. The van der Waals surface area contributed by atoms with Gasteiger partial charge in [-0.15, -0.1) is 0 Å². The molecular weight excluding hydrogens is 489 g/mol. The fourth-order valence-electron chi connectivity index (χ4n) is 4.15. The number of hydrogen-bond acceptors (Lipinski definition) is 7. The smallest absolute Gasteiger partial charge is 0.274 e. The number of nitrogens with zero attached hydrogens (tertiary/aromatic N) is 3. The normalized spacial score (nSPS) is 17.1. The first-order valence-corrected chi connectivity index (χ1v) is 13.2. The monoisotopic (exact) mass is 513 g/mol. The van der Waals surface area contributed by atoms with E-state index in [0.717, 1.165) is 23.2 Å². The second-order valence-corrected chi connectivity index (χ2v) is 10.9. The second kappa shape index (κ2) is 9.34. The number of aromatic hydroxyl groups is 1. The zero-order chi connectivity index (χ0) is 25.4.